The van der Waals surface area contributed by atoms with Crippen LogP contribution in [-0.4, -0.2) is 73.4 Å². The number of carbonyl (C=O) groups excluding carboxylic acids is 1. The first-order valence-electron chi connectivity index (χ1n) is 28.9. The molecule has 0 fully saturated rings. The molecule has 0 aromatic carbocycles. The number of likely N-dealkylation sites (N-methyl/N-ethyl adjacent to an activating group) is 1. The molecule has 0 aliphatic carbocycles. The highest BCUT2D eigenvalue weighted by Crippen LogP contribution is 2.43. The van der Waals surface area contributed by atoms with Gasteiger partial charge in [-0.2, -0.15) is 0 Å². The molecular formula is C58H114N2O6P+. The molecule has 0 radical (unpaired) electrons. The molecule has 0 heterocycles. The maximum absolute atomic E-state index is 13.0. The molecule has 0 bridgehead atoms. The summed E-state index contributed by atoms with van der Waals surface area (Å²) >= 11 is 0. The van der Waals surface area contributed by atoms with Crippen molar-refractivity contribution in [2.24, 2.45) is 0 Å². The molecule has 8 nitrogen and oxygen atoms in total. The van der Waals surface area contributed by atoms with Crippen LogP contribution in [0.1, 0.15) is 277 Å². The van der Waals surface area contributed by atoms with Gasteiger partial charge >= 0.3 is 7.82 Å². The molecule has 0 aliphatic rings. The predicted molar refractivity (Wildman–Crippen MR) is 291 cm³/mol. The van der Waals surface area contributed by atoms with E-state index >= 15 is 0 Å². The van der Waals surface area contributed by atoms with E-state index in [9.17, 15) is 19.4 Å². The van der Waals surface area contributed by atoms with E-state index in [2.05, 4.69) is 43.5 Å². The number of hydrogen-bond acceptors (Lipinski definition) is 5. The lowest BCUT2D eigenvalue weighted by molar-refractivity contribution is -0.870. The summed E-state index contributed by atoms with van der Waals surface area (Å²) in [5, 5.41) is 13.9. The second-order valence-corrected chi connectivity index (χ2v) is 22.5. The highest BCUT2D eigenvalue weighted by Gasteiger charge is 2.27. The Morgan fingerprint density at radius 1 is 0.493 bits per heavy atom. The second-order valence-electron chi connectivity index (χ2n) is 21.0. The van der Waals surface area contributed by atoms with Crippen molar-refractivity contribution in [3.05, 3.63) is 36.5 Å². The molecule has 9 heteroatoms. The van der Waals surface area contributed by atoms with E-state index in [-0.39, 0.29) is 19.1 Å². The quantitative estimate of drug-likeness (QED) is 0.0243. The Morgan fingerprint density at radius 2 is 0.821 bits per heavy atom. The Balaban J connectivity index is 4.27. The van der Waals surface area contributed by atoms with Crippen LogP contribution < -0.4 is 5.32 Å². The molecule has 396 valence electrons. The third-order valence-corrected chi connectivity index (χ3v) is 14.1. The van der Waals surface area contributed by atoms with Crippen molar-refractivity contribution in [3.63, 3.8) is 0 Å². The van der Waals surface area contributed by atoms with Crippen LogP contribution in [0.5, 0.6) is 0 Å². The van der Waals surface area contributed by atoms with Crippen molar-refractivity contribution < 1.29 is 32.9 Å². The predicted octanol–water partition coefficient (Wildman–Crippen LogP) is 17.4. The highest BCUT2D eigenvalue weighted by atomic mass is 31.2. The number of aliphatic hydroxyl groups is 1. The number of nitrogens with zero attached hydrogens (tertiary/aromatic N) is 1. The third-order valence-electron chi connectivity index (χ3n) is 13.1. The first-order valence-corrected chi connectivity index (χ1v) is 30.4. The number of carbonyl (C=O) groups is 1. The van der Waals surface area contributed by atoms with Crippen molar-refractivity contribution in [1.82, 2.24) is 5.32 Å². The third kappa shape index (κ3) is 52.4. The van der Waals surface area contributed by atoms with Crippen LogP contribution in [0, 0.1) is 0 Å². The van der Waals surface area contributed by atoms with E-state index in [4.69, 9.17) is 9.05 Å². The fraction of sp³-hybridized carbons (Fsp3) is 0.879. The number of rotatable bonds is 53. The Labute approximate surface area is 417 Å². The Morgan fingerprint density at radius 3 is 1.19 bits per heavy atom. The summed E-state index contributed by atoms with van der Waals surface area (Å²) in [6, 6.07) is -0.866. The largest absolute Gasteiger partial charge is 0.472 e. The Kier molecular flexibility index (Phi) is 48.7. The standard InChI is InChI=1S/C58H113N2O6P/c1-6-8-10-12-14-16-18-20-22-24-26-28-30-31-33-35-37-39-41-43-45-47-49-51-57(61)56(55-66-67(63,64)65-54-53-60(3,4)5)59-58(62)52-50-48-46-44-42-40-38-36-34-32-29-27-25-23-21-19-17-15-13-11-9-7-2/h32,34,41,43,49,51,56-57,61H,6-31,33,35-40,42,44-48,50,52-55H2,1-5H3,(H-,59,62,63,64)/p+1/b34-32-,43-41+,51-49+. The van der Waals surface area contributed by atoms with Gasteiger partial charge in [0.2, 0.25) is 5.91 Å². The average Bonchev–Trinajstić information content (AvgIpc) is 3.29. The number of aliphatic hydroxyl groups excluding tert-OH is 1. The molecule has 1 amide bonds. The molecular weight excluding hydrogens is 852 g/mol. The molecule has 0 aromatic rings. The molecule has 0 aromatic heterocycles. The Hall–Kier alpha value is -1.28. The zero-order valence-corrected chi connectivity index (χ0v) is 46.0. The van der Waals surface area contributed by atoms with Crippen LogP contribution in [0.25, 0.3) is 0 Å². The maximum atomic E-state index is 13.0. The molecule has 0 saturated carbocycles. The lowest BCUT2D eigenvalue weighted by Crippen LogP contribution is -2.45. The Bertz CT molecular complexity index is 1190. The minimum absolute atomic E-state index is 0.0559. The van der Waals surface area contributed by atoms with E-state index in [0.29, 0.717) is 17.4 Å². The van der Waals surface area contributed by atoms with Gasteiger partial charge < -0.3 is 19.8 Å². The van der Waals surface area contributed by atoms with Crippen LogP contribution >= 0.6 is 7.82 Å². The topological polar surface area (TPSA) is 105 Å². The summed E-state index contributed by atoms with van der Waals surface area (Å²) in [7, 11) is 1.56. The minimum Gasteiger partial charge on any atom is -0.387 e. The second kappa shape index (κ2) is 49.7. The molecule has 3 N–H and O–H groups in total. The summed E-state index contributed by atoms with van der Waals surface area (Å²) < 4.78 is 23.7. The monoisotopic (exact) mass is 966 g/mol. The van der Waals surface area contributed by atoms with Crippen molar-refractivity contribution in [2.45, 2.75) is 289 Å². The summed E-state index contributed by atoms with van der Waals surface area (Å²) in [5.41, 5.74) is 0. The molecule has 0 saturated heterocycles. The van der Waals surface area contributed by atoms with Gasteiger partial charge in [-0.25, -0.2) is 4.57 Å². The molecule has 67 heavy (non-hydrogen) atoms. The fourth-order valence-electron chi connectivity index (χ4n) is 8.53. The molecule has 0 aliphatic heterocycles. The van der Waals surface area contributed by atoms with Gasteiger partial charge in [-0.05, 0) is 57.8 Å². The maximum Gasteiger partial charge on any atom is 0.472 e. The van der Waals surface area contributed by atoms with Gasteiger partial charge in [0.25, 0.3) is 0 Å². The number of amides is 1. The average molecular weight is 967 g/mol. The molecule has 0 spiro atoms. The first-order chi connectivity index (χ1) is 32.5. The number of hydrogen-bond donors (Lipinski definition) is 3. The van der Waals surface area contributed by atoms with Gasteiger partial charge in [-0.15, -0.1) is 0 Å². The van der Waals surface area contributed by atoms with E-state index in [1.54, 1.807) is 6.08 Å². The van der Waals surface area contributed by atoms with E-state index in [1.165, 1.54) is 218 Å². The van der Waals surface area contributed by atoms with Gasteiger partial charge in [0.15, 0.2) is 0 Å². The van der Waals surface area contributed by atoms with Gasteiger partial charge in [0, 0.05) is 6.42 Å². The molecule has 3 unspecified atom stereocenters. The van der Waals surface area contributed by atoms with E-state index < -0.39 is 20.0 Å². The van der Waals surface area contributed by atoms with Crippen molar-refractivity contribution in [3.8, 4) is 0 Å². The van der Waals surface area contributed by atoms with Crippen LogP contribution in [0.3, 0.4) is 0 Å². The van der Waals surface area contributed by atoms with Gasteiger partial charge in [0.1, 0.15) is 13.2 Å². The van der Waals surface area contributed by atoms with Crippen LogP contribution in [0.2, 0.25) is 0 Å². The smallest absolute Gasteiger partial charge is 0.387 e. The first kappa shape index (κ1) is 65.7. The fourth-order valence-corrected chi connectivity index (χ4v) is 9.26. The van der Waals surface area contributed by atoms with Crippen molar-refractivity contribution in [2.75, 3.05) is 40.9 Å². The van der Waals surface area contributed by atoms with Gasteiger partial charge in [0.05, 0.1) is 39.9 Å². The number of quaternary nitrogens is 1. The molecule has 3 atom stereocenters. The summed E-state index contributed by atoms with van der Waals surface area (Å²) in [6.07, 6.45) is 63.9. The van der Waals surface area contributed by atoms with Crippen molar-refractivity contribution in [1.29, 1.82) is 0 Å². The zero-order chi connectivity index (χ0) is 49.2. The summed E-state index contributed by atoms with van der Waals surface area (Å²) in [6.45, 7) is 4.83. The SMILES string of the molecule is CCCCCCCCCCCCC/C=C\CCCCCCCCCC(=O)NC(COP(=O)(O)OCC[N+](C)(C)C)C(O)/C=C/CC/C=C/CCCCCCCCCCCCCCCCCCC. The van der Waals surface area contributed by atoms with Gasteiger partial charge in [-0.3, -0.25) is 13.8 Å². The number of nitrogens with one attached hydrogen (secondary N) is 1. The highest BCUT2D eigenvalue weighted by molar-refractivity contribution is 7.47. The van der Waals surface area contributed by atoms with Crippen LogP contribution in [0.4, 0.5) is 0 Å². The number of phosphoric ester groups is 1. The normalized spacial score (nSPS) is 14.2. The van der Waals surface area contributed by atoms with E-state index in [1.807, 2.05) is 27.2 Å². The van der Waals surface area contributed by atoms with Crippen LogP contribution in [0.15, 0.2) is 36.5 Å². The lowest BCUT2D eigenvalue weighted by atomic mass is 10.0. The summed E-state index contributed by atoms with van der Waals surface area (Å²) in [4.78, 5) is 23.3. The summed E-state index contributed by atoms with van der Waals surface area (Å²) in [5.74, 6) is -0.188. The van der Waals surface area contributed by atoms with Crippen LogP contribution in [-0.2, 0) is 18.4 Å². The minimum atomic E-state index is -4.36. The van der Waals surface area contributed by atoms with Gasteiger partial charge in [-0.1, -0.05) is 249 Å². The number of allylic oxidation sites excluding steroid dienone is 5. The lowest BCUT2D eigenvalue weighted by Gasteiger charge is -2.25. The number of phosphoric acid groups is 1. The van der Waals surface area contributed by atoms with E-state index in [0.717, 1.165) is 38.5 Å². The van der Waals surface area contributed by atoms with Crippen molar-refractivity contribution >= 4 is 13.7 Å². The zero-order valence-electron chi connectivity index (χ0n) is 45.2. The number of unbranched alkanes of at least 4 members (excludes halogenated alkanes) is 36. The molecule has 0 rings (SSSR count).